The van der Waals surface area contributed by atoms with E-state index in [2.05, 4.69) is 15.3 Å². The van der Waals surface area contributed by atoms with E-state index in [1.807, 2.05) is 0 Å². The number of rotatable bonds is 6. The quantitative estimate of drug-likeness (QED) is 0.545. The molecule has 0 saturated carbocycles. The number of nitrogens with zero attached hydrogens (tertiary/aromatic N) is 3. The van der Waals surface area contributed by atoms with Gasteiger partial charge < -0.3 is 15.0 Å². The molecule has 11 heteroatoms. The number of anilines is 1. The Balaban J connectivity index is 1.68. The predicted molar refractivity (Wildman–Crippen MR) is 101 cm³/mol. The number of hydrogen-bond donors (Lipinski definition) is 1. The molecule has 3 rings (SSSR count). The molecule has 1 N–H and O–H groups in total. The van der Waals surface area contributed by atoms with E-state index in [1.165, 1.54) is 23.1 Å². The molecule has 0 bridgehead atoms. The lowest BCUT2D eigenvalue weighted by atomic mass is 10.1. The third kappa shape index (κ3) is 5.67. The van der Waals surface area contributed by atoms with Crippen molar-refractivity contribution in [1.82, 2.24) is 14.9 Å². The summed E-state index contributed by atoms with van der Waals surface area (Å²) in [7, 11) is 0. The van der Waals surface area contributed by atoms with E-state index < -0.39 is 29.7 Å². The molecule has 2 atom stereocenters. The highest BCUT2D eigenvalue weighted by Gasteiger charge is 2.36. The van der Waals surface area contributed by atoms with Crippen LogP contribution in [0.1, 0.15) is 11.1 Å². The summed E-state index contributed by atoms with van der Waals surface area (Å²) < 4.78 is 56.9. The molecule has 1 fully saturated rings. The Hall–Kier alpha value is -2.72. The van der Waals surface area contributed by atoms with Crippen molar-refractivity contribution in [2.45, 2.75) is 24.9 Å². The zero-order valence-corrected chi connectivity index (χ0v) is 16.2. The lowest BCUT2D eigenvalue weighted by Crippen LogP contribution is -2.35. The maximum absolute atomic E-state index is 13.0. The molecule has 0 unspecified atom stereocenters. The van der Waals surface area contributed by atoms with Gasteiger partial charge in [0.1, 0.15) is 0 Å². The summed E-state index contributed by atoms with van der Waals surface area (Å²) in [5, 5.41) is 3.00. The van der Waals surface area contributed by atoms with Gasteiger partial charge in [-0.25, -0.2) is 14.4 Å². The van der Waals surface area contributed by atoms with Gasteiger partial charge in [0, 0.05) is 24.7 Å². The maximum Gasteiger partial charge on any atom is 0.416 e. The second kappa shape index (κ2) is 9.40. The van der Waals surface area contributed by atoms with Gasteiger partial charge in [-0.05, 0) is 17.7 Å². The minimum absolute atomic E-state index is 0.0403. The summed E-state index contributed by atoms with van der Waals surface area (Å²) in [4.78, 5) is 21.3. The minimum atomic E-state index is -4.41. The molecular weight excluding hydrogens is 428 g/mol. The fraction of sp³-hybridized carbons (Fsp3) is 0.316. The van der Waals surface area contributed by atoms with Crippen LogP contribution >= 0.6 is 11.6 Å². The third-order valence-corrected chi connectivity index (χ3v) is 4.59. The minimum Gasteiger partial charge on any atom is -0.369 e. The summed E-state index contributed by atoms with van der Waals surface area (Å²) in [5.74, 6) is -0.754. The summed E-state index contributed by atoms with van der Waals surface area (Å²) in [6.45, 7) is 0.511. The second-order valence-corrected chi connectivity index (χ2v) is 6.81. The smallest absolute Gasteiger partial charge is 0.369 e. The van der Waals surface area contributed by atoms with Crippen molar-refractivity contribution in [3.8, 4) is 0 Å². The normalized spacial score (nSPS) is 19.4. The molecule has 1 aliphatic heterocycles. The molecule has 1 aliphatic rings. The van der Waals surface area contributed by atoms with E-state index >= 15 is 0 Å². The van der Waals surface area contributed by atoms with Crippen LogP contribution in [0.3, 0.4) is 0 Å². The first-order chi connectivity index (χ1) is 14.3. The Morgan fingerprint density at radius 2 is 1.90 bits per heavy atom. The van der Waals surface area contributed by atoms with Crippen LogP contribution < -0.4 is 5.32 Å². The number of alkyl halides is 3. The number of hydrogen-bond acceptors (Lipinski definition) is 5. The fourth-order valence-corrected chi connectivity index (χ4v) is 3.07. The molecule has 6 nitrogen and oxygen atoms in total. The van der Waals surface area contributed by atoms with Crippen molar-refractivity contribution in [2.75, 3.05) is 18.4 Å². The summed E-state index contributed by atoms with van der Waals surface area (Å²) >= 11 is 5.47. The number of nitrogens with one attached hydrogen (secondary N) is 1. The lowest BCUT2D eigenvalue weighted by molar-refractivity contribution is -0.137. The van der Waals surface area contributed by atoms with Gasteiger partial charge in [-0.15, -0.1) is 0 Å². The van der Waals surface area contributed by atoms with Crippen LogP contribution in [0.2, 0.25) is 0 Å². The highest BCUT2D eigenvalue weighted by Crippen LogP contribution is 2.29. The van der Waals surface area contributed by atoms with Gasteiger partial charge >= 0.3 is 6.18 Å². The monoisotopic (exact) mass is 444 g/mol. The number of carbonyl (C=O) groups excluding carboxylic acids is 1. The highest BCUT2D eigenvalue weighted by atomic mass is 35.5. The van der Waals surface area contributed by atoms with Crippen LogP contribution in [0, 0.1) is 5.82 Å². The zero-order valence-electron chi connectivity index (χ0n) is 15.4. The lowest BCUT2D eigenvalue weighted by Gasteiger charge is -2.20. The van der Waals surface area contributed by atoms with Crippen molar-refractivity contribution >= 4 is 23.5 Å². The Morgan fingerprint density at radius 1 is 1.23 bits per heavy atom. The molecule has 160 valence electrons. The molecular formula is C19H17ClF4N4O2. The van der Waals surface area contributed by atoms with E-state index in [1.54, 1.807) is 0 Å². The Morgan fingerprint density at radius 3 is 2.50 bits per heavy atom. The van der Waals surface area contributed by atoms with E-state index in [4.69, 9.17) is 16.3 Å². The fourth-order valence-electron chi connectivity index (χ4n) is 2.97. The van der Waals surface area contributed by atoms with Crippen LogP contribution in [0.25, 0.3) is 0 Å². The topological polar surface area (TPSA) is 67.4 Å². The molecule has 1 saturated heterocycles. The molecule has 0 aliphatic carbocycles. The number of ether oxygens (including phenoxy) is 1. The standard InChI is InChI=1S/C19H17ClF4N4O2/c20-6-5-17(29)28-9-15(27-18-25-7-14(21)8-26-18)16(10-28)30-11-12-1-3-13(4-2-12)19(22,23)24/h1-8,15-16H,9-11H2,(H,25,26,27)/b6-5-/t15-,16-/m0/s1. The van der Waals surface area contributed by atoms with Gasteiger partial charge in [-0.2, -0.15) is 13.2 Å². The first-order valence-corrected chi connectivity index (χ1v) is 9.27. The molecule has 30 heavy (non-hydrogen) atoms. The number of aromatic nitrogens is 2. The van der Waals surface area contributed by atoms with Crippen LogP contribution in [0.5, 0.6) is 0 Å². The maximum atomic E-state index is 13.0. The van der Waals surface area contributed by atoms with Crippen molar-refractivity contribution in [1.29, 1.82) is 0 Å². The third-order valence-electron chi connectivity index (χ3n) is 4.46. The number of halogens is 5. The van der Waals surface area contributed by atoms with Gasteiger partial charge in [0.05, 0.1) is 36.7 Å². The first-order valence-electron chi connectivity index (χ1n) is 8.84. The van der Waals surface area contributed by atoms with Crippen LogP contribution in [0.15, 0.2) is 48.3 Å². The number of amides is 1. The van der Waals surface area contributed by atoms with Crippen molar-refractivity contribution < 1.29 is 27.1 Å². The van der Waals surface area contributed by atoms with Crippen LogP contribution in [-0.4, -0.2) is 46.0 Å². The Bertz CT molecular complexity index is 891. The number of benzene rings is 1. The average Bonchev–Trinajstić information content (AvgIpc) is 3.11. The largest absolute Gasteiger partial charge is 0.416 e. The summed E-state index contributed by atoms with van der Waals surface area (Å²) in [6, 6.07) is 4.22. The predicted octanol–water partition coefficient (Wildman–Crippen LogP) is 3.60. The van der Waals surface area contributed by atoms with E-state index in [0.717, 1.165) is 30.1 Å². The SMILES string of the molecule is O=C(/C=C\Cl)N1C[C@H](Nc2ncc(F)cn2)[C@@H](OCc2ccc(C(F)(F)F)cc2)C1. The molecule has 1 aromatic carbocycles. The molecule has 2 heterocycles. The Kier molecular flexibility index (Phi) is 6.88. The van der Waals surface area contributed by atoms with Gasteiger partial charge in [0.2, 0.25) is 11.9 Å². The average molecular weight is 445 g/mol. The van der Waals surface area contributed by atoms with Gasteiger partial charge in [0.25, 0.3) is 0 Å². The zero-order chi connectivity index (χ0) is 21.7. The first kappa shape index (κ1) is 22.0. The Labute approximate surface area is 174 Å². The number of carbonyl (C=O) groups is 1. The summed E-state index contributed by atoms with van der Waals surface area (Å²) in [5.41, 5.74) is 0.902. The summed E-state index contributed by atoms with van der Waals surface area (Å²) in [6.07, 6.45) is -1.71. The van der Waals surface area contributed by atoms with Crippen molar-refractivity contribution in [3.63, 3.8) is 0 Å². The van der Waals surface area contributed by atoms with Gasteiger partial charge in [-0.1, -0.05) is 23.7 Å². The molecule has 1 amide bonds. The number of likely N-dealkylation sites (tertiary alicyclic amines) is 1. The van der Waals surface area contributed by atoms with E-state index in [9.17, 15) is 22.4 Å². The molecule has 2 aromatic rings. The molecule has 1 aromatic heterocycles. The van der Waals surface area contributed by atoms with Crippen LogP contribution in [-0.2, 0) is 22.3 Å². The molecule has 0 radical (unpaired) electrons. The van der Waals surface area contributed by atoms with Gasteiger partial charge in [0.15, 0.2) is 5.82 Å². The van der Waals surface area contributed by atoms with Crippen molar-refractivity contribution in [2.24, 2.45) is 0 Å². The van der Waals surface area contributed by atoms with E-state index in [0.29, 0.717) is 5.56 Å². The molecule has 0 spiro atoms. The van der Waals surface area contributed by atoms with Crippen LogP contribution in [0.4, 0.5) is 23.5 Å². The van der Waals surface area contributed by atoms with Crippen molar-refractivity contribution in [3.05, 3.63) is 65.2 Å². The van der Waals surface area contributed by atoms with Gasteiger partial charge in [-0.3, -0.25) is 4.79 Å². The second-order valence-electron chi connectivity index (χ2n) is 6.56. The van der Waals surface area contributed by atoms with E-state index in [-0.39, 0.29) is 31.6 Å². The highest BCUT2D eigenvalue weighted by molar-refractivity contribution is 6.26.